The van der Waals surface area contributed by atoms with Gasteiger partial charge in [-0.25, -0.2) is 0 Å². The summed E-state index contributed by atoms with van der Waals surface area (Å²) in [7, 11) is 0. The van der Waals surface area contributed by atoms with Crippen LogP contribution in [-0.4, -0.2) is 29.2 Å². The average Bonchev–Trinajstić information content (AvgIpc) is 3.18. The number of amides is 1. The van der Waals surface area contributed by atoms with Gasteiger partial charge in [0, 0.05) is 31.0 Å². The van der Waals surface area contributed by atoms with E-state index >= 15 is 0 Å². The van der Waals surface area contributed by atoms with E-state index in [0.717, 1.165) is 31.4 Å². The fraction of sp³-hybridized carbons (Fsp3) is 0.478. The molecule has 4 rings (SSSR count). The fourth-order valence-corrected chi connectivity index (χ4v) is 4.62. The molecule has 4 nitrogen and oxygen atoms in total. The van der Waals surface area contributed by atoms with E-state index in [-0.39, 0.29) is 23.1 Å². The highest BCUT2D eigenvalue weighted by atomic mass is 16.4. The second-order valence-electron chi connectivity index (χ2n) is 8.78. The predicted molar refractivity (Wildman–Crippen MR) is 104 cm³/mol. The summed E-state index contributed by atoms with van der Waals surface area (Å²) in [6.45, 7) is 6.75. The van der Waals surface area contributed by atoms with E-state index in [1.54, 1.807) is 0 Å². The normalized spacial score (nSPS) is 21.4. The van der Waals surface area contributed by atoms with E-state index in [0.29, 0.717) is 29.9 Å². The highest BCUT2D eigenvalue weighted by molar-refractivity contribution is 6.03. The van der Waals surface area contributed by atoms with Crippen molar-refractivity contribution in [1.82, 2.24) is 4.90 Å². The number of ketones is 1. The van der Waals surface area contributed by atoms with Crippen LogP contribution in [0.4, 0.5) is 0 Å². The van der Waals surface area contributed by atoms with E-state index in [4.69, 9.17) is 4.42 Å². The summed E-state index contributed by atoms with van der Waals surface area (Å²) in [5.74, 6) is 1.09. The first-order valence-corrected chi connectivity index (χ1v) is 9.86. The van der Waals surface area contributed by atoms with Crippen molar-refractivity contribution in [3.05, 3.63) is 58.5 Å². The Hall–Kier alpha value is -2.36. The van der Waals surface area contributed by atoms with Crippen LogP contribution >= 0.6 is 0 Å². The van der Waals surface area contributed by atoms with Gasteiger partial charge in [0.05, 0.1) is 5.56 Å². The van der Waals surface area contributed by atoms with Crippen LogP contribution in [0.5, 0.6) is 0 Å². The fourth-order valence-electron chi connectivity index (χ4n) is 4.62. The summed E-state index contributed by atoms with van der Waals surface area (Å²) in [5, 5.41) is 0. The van der Waals surface area contributed by atoms with Crippen LogP contribution in [0.15, 0.2) is 34.7 Å². The quantitative estimate of drug-likeness (QED) is 0.799. The summed E-state index contributed by atoms with van der Waals surface area (Å²) in [6, 6.07) is 10.5. The van der Waals surface area contributed by atoms with Gasteiger partial charge in [-0.05, 0) is 37.2 Å². The molecule has 4 heteroatoms. The molecule has 1 fully saturated rings. The summed E-state index contributed by atoms with van der Waals surface area (Å²) >= 11 is 0. The number of likely N-dealkylation sites (tertiary alicyclic amines) is 1. The smallest absolute Gasteiger partial charge is 0.290 e. The molecule has 2 aliphatic rings. The predicted octanol–water partition coefficient (Wildman–Crippen LogP) is 4.59. The molecular weight excluding hydrogens is 338 g/mol. The SMILES string of the molecule is Cc1c(C(=O)N2CCCC2Cc2ccccc2)oc2c1C(=O)CC(C)(C)C2. The van der Waals surface area contributed by atoms with E-state index in [1.807, 2.05) is 30.0 Å². The van der Waals surface area contributed by atoms with Crippen molar-refractivity contribution in [3.8, 4) is 0 Å². The minimum Gasteiger partial charge on any atom is -0.455 e. The number of rotatable bonds is 3. The van der Waals surface area contributed by atoms with Crippen molar-refractivity contribution in [2.24, 2.45) is 5.41 Å². The maximum absolute atomic E-state index is 13.3. The van der Waals surface area contributed by atoms with Crippen LogP contribution in [-0.2, 0) is 12.8 Å². The average molecular weight is 365 g/mol. The molecule has 1 aliphatic heterocycles. The van der Waals surface area contributed by atoms with Gasteiger partial charge in [0.2, 0.25) is 0 Å². The second-order valence-corrected chi connectivity index (χ2v) is 8.78. The molecule has 1 unspecified atom stereocenters. The zero-order valence-corrected chi connectivity index (χ0v) is 16.4. The van der Waals surface area contributed by atoms with Crippen LogP contribution in [0.25, 0.3) is 0 Å². The number of Topliss-reactive ketones (excluding diaryl/α,β-unsaturated/α-hetero) is 1. The molecule has 0 radical (unpaired) electrons. The van der Waals surface area contributed by atoms with E-state index in [2.05, 4.69) is 26.0 Å². The molecule has 0 spiro atoms. The van der Waals surface area contributed by atoms with Gasteiger partial charge in [-0.3, -0.25) is 9.59 Å². The molecule has 27 heavy (non-hydrogen) atoms. The van der Waals surface area contributed by atoms with Gasteiger partial charge in [-0.2, -0.15) is 0 Å². The van der Waals surface area contributed by atoms with Crippen LogP contribution in [0.3, 0.4) is 0 Å². The number of fused-ring (bicyclic) bond motifs is 1. The molecule has 2 aromatic rings. The van der Waals surface area contributed by atoms with Crippen molar-refractivity contribution in [2.45, 2.75) is 58.9 Å². The number of hydrogen-bond acceptors (Lipinski definition) is 3. The van der Waals surface area contributed by atoms with Crippen molar-refractivity contribution in [3.63, 3.8) is 0 Å². The van der Waals surface area contributed by atoms with Crippen molar-refractivity contribution < 1.29 is 14.0 Å². The highest BCUT2D eigenvalue weighted by Gasteiger charge is 2.39. The molecule has 2 heterocycles. The lowest BCUT2D eigenvalue weighted by Crippen LogP contribution is -2.37. The Labute approximate surface area is 160 Å². The highest BCUT2D eigenvalue weighted by Crippen LogP contribution is 2.39. The molecule has 1 aromatic carbocycles. The number of benzene rings is 1. The van der Waals surface area contributed by atoms with Crippen molar-refractivity contribution >= 4 is 11.7 Å². The van der Waals surface area contributed by atoms with Gasteiger partial charge >= 0.3 is 0 Å². The van der Waals surface area contributed by atoms with Gasteiger partial charge in [0.15, 0.2) is 11.5 Å². The largest absolute Gasteiger partial charge is 0.455 e. The summed E-state index contributed by atoms with van der Waals surface area (Å²) in [5.41, 5.74) is 2.50. The lowest BCUT2D eigenvalue weighted by molar-refractivity contribution is 0.0698. The monoisotopic (exact) mass is 365 g/mol. The third-order valence-electron chi connectivity index (χ3n) is 5.92. The number of hydrogen-bond donors (Lipinski definition) is 0. The minimum absolute atomic E-state index is 0.0639. The molecular formula is C23H27NO3. The molecule has 0 saturated carbocycles. The number of nitrogens with zero attached hydrogens (tertiary/aromatic N) is 1. The Morgan fingerprint density at radius 3 is 2.70 bits per heavy atom. The van der Waals surface area contributed by atoms with E-state index < -0.39 is 0 Å². The molecule has 1 aromatic heterocycles. The van der Waals surface area contributed by atoms with Gasteiger partial charge in [0.1, 0.15) is 5.76 Å². The summed E-state index contributed by atoms with van der Waals surface area (Å²) in [6.07, 6.45) is 4.09. The molecule has 0 bridgehead atoms. The van der Waals surface area contributed by atoms with E-state index in [9.17, 15) is 9.59 Å². The number of carbonyl (C=O) groups is 2. The van der Waals surface area contributed by atoms with Crippen LogP contribution in [0.1, 0.15) is 70.9 Å². The topological polar surface area (TPSA) is 50.5 Å². The van der Waals surface area contributed by atoms with Gasteiger partial charge in [-0.15, -0.1) is 0 Å². The van der Waals surface area contributed by atoms with Gasteiger partial charge in [0.25, 0.3) is 5.91 Å². The van der Waals surface area contributed by atoms with Gasteiger partial charge in [-0.1, -0.05) is 44.2 Å². The minimum atomic E-state index is -0.113. The molecule has 1 atom stereocenters. The molecule has 1 aliphatic carbocycles. The Bertz CT molecular complexity index is 879. The van der Waals surface area contributed by atoms with Crippen LogP contribution in [0.2, 0.25) is 0 Å². The van der Waals surface area contributed by atoms with Crippen LogP contribution < -0.4 is 0 Å². The first-order valence-electron chi connectivity index (χ1n) is 9.86. The van der Waals surface area contributed by atoms with E-state index in [1.165, 1.54) is 5.56 Å². The first kappa shape index (κ1) is 18.0. The van der Waals surface area contributed by atoms with Crippen molar-refractivity contribution in [1.29, 1.82) is 0 Å². The number of carbonyl (C=O) groups excluding carboxylic acids is 2. The third-order valence-corrected chi connectivity index (χ3v) is 5.92. The molecule has 0 N–H and O–H groups in total. The second kappa shape index (κ2) is 6.66. The summed E-state index contributed by atoms with van der Waals surface area (Å²) in [4.78, 5) is 27.8. The van der Waals surface area contributed by atoms with Gasteiger partial charge < -0.3 is 9.32 Å². The maximum atomic E-state index is 13.3. The summed E-state index contributed by atoms with van der Waals surface area (Å²) < 4.78 is 6.00. The zero-order valence-electron chi connectivity index (χ0n) is 16.4. The van der Waals surface area contributed by atoms with Crippen molar-refractivity contribution in [2.75, 3.05) is 6.54 Å². The first-order chi connectivity index (χ1) is 12.9. The molecule has 142 valence electrons. The standard InChI is InChI=1S/C23H27NO3/c1-15-20-18(25)13-23(2,3)14-19(20)27-21(15)22(26)24-11-7-10-17(24)12-16-8-5-4-6-9-16/h4-6,8-9,17H,7,10-14H2,1-3H3. The lowest BCUT2D eigenvalue weighted by atomic mass is 9.76. The van der Waals surface area contributed by atoms with Crippen LogP contribution in [0, 0.1) is 12.3 Å². The molecule has 1 saturated heterocycles. The number of furan rings is 1. The Kier molecular flexibility index (Phi) is 4.45. The Morgan fingerprint density at radius 2 is 1.96 bits per heavy atom. The Balaban J connectivity index is 1.60. The molecule has 1 amide bonds. The third kappa shape index (κ3) is 3.33. The maximum Gasteiger partial charge on any atom is 0.290 e. The zero-order chi connectivity index (χ0) is 19.2. The Morgan fingerprint density at radius 1 is 1.22 bits per heavy atom. The lowest BCUT2D eigenvalue weighted by Gasteiger charge is -2.27.